The van der Waals surface area contributed by atoms with Crippen molar-refractivity contribution in [3.63, 3.8) is 0 Å². The first-order valence-electron chi connectivity index (χ1n) is 5.78. The number of hydrogen-bond donors (Lipinski definition) is 0. The summed E-state index contributed by atoms with van der Waals surface area (Å²) in [6, 6.07) is 3.39. The molecule has 1 fully saturated rings. The molecular weight excluding hydrogens is 218 g/mol. The minimum atomic E-state index is -0.635. The molecule has 0 amide bonds. The largest absolute Gasteiger partial charge is 0.514 e. The molecule has 2 aliphatic carbocycles. The van der Waals surface area contributed by atoms with Crippen molar-refractivity contribution in [3.8, 4) is 5.75 Å². The quantitative estimate of drug-likeness (QED) is 0.579. The lowest BCUT2D eigenvalue weighted by atomic mass is 10.1. The first kappa shape index (κ1) is 10.3. The van der Waals surface area contributed by atoms with E-state index < -0.39 is 6.16 Å². The predicted molar refractivity (Wildman–Crippen MR) is 60.5 cm³/mol. The molecular formula is C13H13NO3. The van der Waals surface area contributed by atoms with Gasteiger partial charge in [-0.2, -0.15) is 0 Å². The van der Waals surface area contributed by atoms with Gasteiger partial charge in [-0.15, -0.1) is 0 Å². The Labute approximate surface area is 99.3 Å². The van der Waals surface area contributed by atoms with Crippen LogP contribution in [0.4, 0.5) is 4.79 Å². The summed E-state index contributed by atoms with van der Waals surface area (Å²) < 4.78 is 10.3. The number of fused-ring (bicyclic) bond motifs is 2. The molecule has 0 N–H and O–H groups in total. The van der Waals surface area contributed by atoms with Crippen LogP contribution in [0.25, 0.3) is 0 Å². The Morgan fingerprint density at radius 2 is 2.29 bits per heavy atom. The van der Waals surface area contributed by atoms with Gasteiger partial charge in [-0.1, -0.05) is 12.2 Å². The summed E-state index contributed by atoms with van der Waals surface area (Å²) >= 11 is 0. The average molecular weight is 231 g/mol. The first-order valence-corrected chi connectivity index (χ1v) is 5.78. The van der Waals surface area contributed by atoms with Crippen LogP contribution in [-0.4, -0.2) is 17.2 Å². The molecule has 1 aromatic rings. The van der Waals surface area contributed by atoms with Crippen molar-refractivity contribution >= 4 is 6.16 Å². The van der Waals surface area contributed by atoms with Gasteiger partial charge >= 0.3 is 6.16 Å². The van der Waals surface area contributed by atoms with Gasteiger partial charge in [-0.3, -0.25) is 4.98 Å². The van der Waals surface area contributed by atoms with Crippen LogP contribution in [-0.2, 0) is 4.74 Å². The van der Waals surface area contributed by atoms with E-state index in [1.165, 1.54) is 6.20 Å². The molecule has 3 unspecified atom stereocenters. The number of carbonyl (C=O) groups is 1. The number of carbonyl (C=O) groups excluding carboxylic acids is 1. The topological polar surface area (TPSA) is 48.4 Å². The highest BCUT2D eigenvalue weighted by molar-refractivity contribution is 5.63. The Bertz CT molecular complexity index is 443. The first-order chi connectivity index (χ1) is 8.31. The third-order valence-electron chi connectivity index (χ3n) is 3.30. The minimum Gasteiger partial charge on any atom is -0.430 e. The Morgan fingerprint density at radius 1 is 1.35 bits per heavy atom. The maximum atomic E-state index is 11.5. The fourth-order valence-corrected chi connectivity index (χ4v) is 2.52. The van der Waals surface area contributed by atoms with E-state index in [2.05, 4.69) is 17.1 Å². The van der Waals surface area contributed by atoms with Crippen LogP contribution in [0, 0.1) is 11.8 Å². The third-order valence-corrected chi connectivity index (χ3v) is 3.30. The van der Waals surface area contributed by atoms with E-state index in [0.717, 1.165) is 12.8 Å². The van der Waals surface area contributed by atoms with Crippen LogP contribution in [0.3, 0.4) is 0 Å². The maximum Gasteiger partial charge on any atom is 0.514 e. The normalized spacial score (nSPS) is 29.3. The highest BCUT2D eigenvalue weighted by atomic mass is 16.7. The summed E-state index contributed by atoms with van der Waals surface area (Å²) in [4.78, 5) is 15.4. The molecule has 1 saturated carbocycles. The lowest BCUT2D eigenvalue weighted by Crippen LogP contribution is -2.24. The number of nitrogens with zero attached hydrogens (tertiary/aromatic N) is 1. The summed E-state index contributed by atoms with van der Waals surface area (Å²) in [5.74, 6) is 1.37. The van der Waals surface area contributed by atoms with Crippen molar-refractivity contribution in [2.75, 3.05) is 0 Å². The zero-order valence-corrected chi connectivity index (χ0v) is 9.28. The molecule has 1 heterocycles. The number of rotatable bonds is 2. The van der Waals surface area contributed by atoms with E-state index in [0.29, 0.717) is 17.6 Å². The molecule has 4 heteroatoms. The van der Waals surface area contributed by atoms with Crippen molar-refractivity contribution in [1.82, 2.24) is 4.98 Å². The van der Waals surface area contributed by atoms with Crippen LogP contribution in [0.5, 0.6) is 5.75 Å². The minimum absolute atomic E-state index is 0.0193. The molecule has 2 aliphatic rings. The Balaban J connectivity index is 1.56. The molecule has 17 heavy (non-hydrogen) atoms. The van der Waals surface area contributed by atoms with Gasteiger partial charge in [0.25, 0.3) is 0 Å². The van der Waals surface area contributed by atoms with Crippen LogP contribution < -0.4 is 4.74 Å². The van der Waals surface area contributed by atoms with Crippen molar-refractivity contribution in [3.05, 3.63) is 36.7 Å². The standard InChI is InChI=1S/C13H13NO3/c15-13(16-11-2-1-5-14-8-11)17-12-7-9-3-4-10(12)6-9/h1-5,8-10,12H,6-7H2. The summed E-state index contributed by atoms with van der Waals surface area (Å²) in [6.45, 7) is 0. The monoisotopic (exact) mass is 231 g/mol. The number of aromatic nitrogens is 1. The third kappa shape index (κ3) is 2.16. The van der Waals surface area contributed by atoms with E-state index in [4.69, 9.17) is 9.47 Å². The van der Waals surface area contributed by atoms with Gasteiger partial charge in [0, 0.05) is 12.1 Å². The molecule has 4 nitrogen and oxygen atoms in total. The summed E-state index contributed by atoms with van der Waals surface area (Å²) in [7, 11) is 0. The molecule has 3 atom stereocenters. The Kier molecular flexibility index (Phi) is 2.55. The lowest BCUT2D eigenvalue weighted by molar-refractivity contribution is 0.0474. The molecule has 1 aromatic heterocycles. The number of ether oxygens (including phenoxy) is 2. The second-order valence-corrected chi connectivity index (χ2v) is 4.48. The fraction of sp³-hybridized carbons (Fsp3) is 0.385. The molecule has 0 aliphatic heterocycles. The zero-order valence-electron chi connectivity index (χ0n) is 9.28. The number of hydrogen-bond acceptors (Lipinski definition) is 4. The molecule has 2 bridgehead atoms. The van der Waals surface area contributed by atoms with Crippen LogP contribution in [0.2, 0.25) is 0 Å². The van der Waals surface area contributed by atoms with Gasteiger partial charge in [-0.05, 0) is 30.9 Å². The highest BCUT2D eigenvalue weighted by Gasteiger charge is 2.38. The summed E-state index contributed by atoms with van der Waals surface area (Å²) in [6.07, 6.45) is 8.82. The summed E-state index contributed by atoms with van der Waals surface area (Å²) in [5, 5.41) is 0. The van der Waals surface area contributed by atoms with Crippen LogP contribution in [0.1, 0.15) is 12.8 Å². The van der Waals surface area contributed by atoms with Gasteiger partial charge in [0.05, 0.1) is 6.20 Å². The van der Waals surface area contributed by atoms with Crippen molar-refractivity contribution in [1.29, 1.82) is 0 Å². The molecule has 0 aromatic carbocycles. The van der Waals surface area contributed by atoms with E-state index in [-0.39, 0.29) is 6.10 Å². The number of pyridine rings is 1. The van der Waals surface area contributed by atoms with E-state index in [1.54, 1.807) is 18.3 Å². The fourth-order valence-electron chi connectivity index (χ4n) is 2.52. The molecule has 3 rings (SSSR count). The van der Waals surface area contributed by atoms with Gasteiger partial charge < -0.3 is 9.47 Å². The van der Waals surface area contributed by atoms with Gasteiger partial charge in [-0.25, -0.2) is 4.79 Å². The molecule has 0 radical (unpaired) electrons. The maximum absolute atomic E-state index is 11.5. The molecule has 88 valence electrons. The van der Waals surface area contributed by atoms with E-state index in [9.17, 15) is 4.79 Å². The Hall–Kier alpha value is -1.84. The second-order valence-electron chi connectivity index (χ2n) is 4.48. The van der Waals surface area contributed by atoms with Crippen molar-refractivity contribution in [2.45, 2.75) is 18.9 Å². The van der Waals surface area contributed by atoms with Gasteiger partial charge in [0.2, 0.25) is 0 Å². The summed E-state index contributed by atoms with van der Waals surface area (Å²) in [5.41, 5.74) is 0. The van der Waals surface area contributed by atoms with E-state index >= 15 is 0 Å². The van der Waals surface area contributed by atoms with Crippen molar-refractivity contribution < 1.29 is 14.3 Å². The van der Waals surface area contributed by atoms with E-state index in [1.807, 2.05) is 0 Å². The van der Waals surface area contributed by atoms with Gasteiger partial charge in [0.1, 0.15) is 6.10 Å². The lowest BCUT2D eigenvalue weighted by Gasteiger charge is -2.18. The van der Waals surface area contributed by atoms with Gasteiger partial charge in [0.15, 0.2) is 5.75 Å². The number of allylic oxidation sites excluding steroid dienone is 1. The van der Waals surface area contributed by atoms with Crippen LogP contribution >= 0.6 is 0 Å². The van der Waals surface area contributed by atoms with Crippen molar-refractivity contribution in [2.24, 2.45) is 11.8 Å². The zero-order chi connectivity index (χ0) is 11.7. The highest BCUT2D eigenvalue weighted by Crippen LogP contribution is 2.40. The Morgan fingerprint density at radius 3 is 2.94 bits per heavy atom. The predicted octanol–water partition coefficient (Wildman–Crippen LogP) is 2.56. The van der Waals surface area contributed by atoms with Crippen LogP contribution in [0.15, 0.2) is 36.7 Å². The molecule has 0 spiro atoms. The molecule has 0 saturated heterocycles. The second kappa shape index (κ2) is 4.20. The SMILES string of the molecule is O=C(Oc1cccnc1)OC1CC2C=CC1C2. The average Bonchev–Trinajstić information content (AvgIpc) is 2.92. The smallest absolute Gasteiger partial charge is 0.430 e.